The standard InChI is InChI=1S/C9H14N4S/c1-5(2)12-13-8(11)7(10)6-3-4-14-9(6)13/h3-5,12H,10-11H2,1-2H3. The molecule has 0 unspecified atom stereocenters. The predicted molar refractivity (Wildman–Crippen MR) is 63.1 cm³/mol. The van der Waals surface area contributed by atoms with E-state index in [0.29, 0.717) is 17.5 Å². The molecule has 0 aliphatic heterocycles. The fourth-order valence-electron chi connectivity index (χ4n) is 1.43. The molecule has 2 aromatic rings. The van der Waals surface area contributed by atoms with Crippen LogP contribution in [0.25, 0.3) is 10.2 Å². The molecule has 0 spiro atoms. The van der Waals surface area contributed by atoms with E-state index >= 15 is 0 Å². The fourth-order valence-corrected chi connectivity index (χ4v) is 2.33. The molecule has 5 heteroatoms. The monoisotopic (exact) mass is 210 g/mol. The van der Waals surface area contributed by atoms with Crippen LogP contribution in [0.15, 0.2) is 11.4 Å². The number of hydrogen-bond donors (Lipinski definition) is 3. The van der Waals surface area contributed by atoms with E-state index in [1.54, 1.807) is 11.3 Å². The summed E-state index contributed by atoms with van der Waals surface area (Å²) >= 11 is 1.63. The van der Waals surface area contributed by atoms with Crippen molar-refractivity contribution in [2.45, 2.75) is 19.9 Å². The van der Waals surface area contributed by atoms with Gasteiger partial charge in [-0.15, -0.1) is 11.3 Å². The van der Waals surface area contributed by atoms with Crippen LogP contribution in [0.3, 0.4) is 0 Å². The van der Waals surface area contributed by atoms with E-state index in [9.17, 15) is 0 Å². The first-order chi connectivity index (χ1) is 6.61. The summed E-state index contributed by atoms with van der Waals surface area (Å²) in [7, 11) is 0. The second-order valence-corrected chi connectivity index (χ2v) is 4.45. The van der Waals surface area contributed by atoms with Gasteiger partial charge in [-0.05, 0) is 25.3 Å². The Kier molecular flexibility index (Phi) is 2.03. The summed E-state index contributed by atoms with van der Waals surface area (Å²) in [6, 6.07) is 2.32. The Balaban J connectivity index is 2.61. The first-order valence-electron chi connectivity index (χ1n) is 4.50. The third-order valence-corrected chi connectivity index (χ3v) is 2.94. The molecule has 0 aromatic carbocycles. The molecule has 0 radical (unpaired) electrons. The Hall–Kier alpha value is -1.36. The maximum Gasteiger partial charge on any atom is 0.147 e. The van der Waals surface area contributed by atoms with Gasteiger partial charge in [0.05, 0.1) is 5.69 Å². The maximum atomic E-state index is 5.89. The molecule has 14 heavy (non-hydrogen) atoms. The number of nitrogens with zero attached hydrogens (tertiary/aromatic N) is 1. The van der Waals surface area contributed by atoms with Gasteiger partial charge in [0, 0.05) is 11.4 Å². The lowest BCUT2D eigenvalue weighted by Crippen LogP contribution is -2.23. The van der Waals surface area contributed by atoms with Crippen molar-refractivity contribution < 1.29 is 0 Å². The van der Waals surface area contributed by atoms with Crippen LogP contribution >= 0.6 is 11.3 Å². The number of nitrogen functional groups attached to an aromatic ring is 2. The van der Waals surface area contributed by atoms with Crippen molar-refractivity contribution in [1.29, 1.82) is 0 Å². The highest BCUT2D eigenvalue weighted by atomic mass is 32.1. The van der Waals surface area contributed by atoms with Crippen LogP contribution in [0.2, 0.25) is 0 Å². The molecular weight excluding hydrogens is 196 g/mol. The van der Waals surface area contributed by atoms with Crippen molar-refractivity contribution in [3.05, 3.63) is 11.4 Å². The molecule has 0 fully saturated rings. The van der Waals surface area contributed by atoms with Gasteiger partial charge in [0.1, 0.15) is 10.6 Å². The number of thiophene rings is 1. The summed E-state index contributed by atoms with van der Waals surface area (Å²) in [5.74, 6) is 0.598. The van der Waals surface area contributed by atoms with Gasteiger partial charge in [0.25, 0.3) is 0 Å². The lowest BCUT2D eigenvalue weighted by Gasteiger charge is -2.13. The summed E-state index contributed by atoms with van der Waals surface area (Å²) in [5.41, 5.74) is 15.7. The minimum absolute atomic E-state index is 0.328. The van der Waals surface area contributed by atoms with E-state index in [4.69, 9.17) is 11.5 Å². The molecule has 0 atom stereocenters. The van der Waals surface area contributed by atoms with Crippen molar-refractivity contribution in [2.24, 2.45) is 0 Å². The van der Waals surface area contributed by atoms with Crippen LogP contribution in [0.5, 0.6) is 0 Å². The predicted octanol–water partition coefficient (Wildman–Crippen LogP) is 1.82. The summed E-state index contributed by atoms with van der Waals surface area (Å²) in [4.78, 5) is 1.08. The topological polar surface area (TPSA) is 69.0 Å². The molecular formula is C9H14N4S. The number of nitrogens with one attached hydrogen (secondary N) is 1. The van der Waals surface area contributed by atoms with E-state index in [0.717, 1.165) is 10.2 Å². The first kappa shape index (κ1) is 9.21. The molecule has 0 saturated carbocycles. The average Bonchev–Trinajstić information content (AvgIpc) is 2.65. The number of hydrogen-bond acceptors (Lipinski definition) is 4. The second kappa shape index (κ2) is 3.09. The molecule has 76 valence electrons. The van der Waals surface area contributed by atoms with E-state index < -0.39 is 0 Å². The Morgan fingerprint density at radius 1 is 1.43 bits per heavy atom. The normalized spacial score (nSPS) is 11.4. The molecule has 0 aliphatic rings. The number of fused-ring (bicyclic) bond motifs is 1. The lowest BCUT2D eigenvalue weighted by atomic mass is 10.3. The summed E-state index contributed by atoms with van der Waals surface area (Å²) < 4.78 is 1.86. The Labute approximate surface area is 86.5 Å². The summed E-state index contributed by atoms with van der Waals surface area (Å²) in [6.45, 7) is 4.13. The molecule has 0 saturated heterocycles. The van der Waals surface area contributed by atoms with Crippen molar-refractivity contribution in [2.75, 3.05) is 16.9 Å². The van der Waals surface area contributed by atoms with E-state index in [-0.39, 0.29) is 0 Å². The highest BCUT2D eigenvalue weighted by Gasteiger charge is 2.13. The van der Waals surface area contributed by atoms with Crippen LogP contribution in [0.4, 0.5) is 11.5 Å². The van der Waals surface area contributed by atoms with Gasteiger partial charge >= 0.3 is 0 Å². The summed E-state index contributed by atoms with van der Waals surface area (Å²) in [6.07, 6.45) is 0. The van der Waals surface area contributed by atoms with E-state index in [2.05, 4.69) is 19.3 Å². The summed E-state index contributed by atoms with van der Waals surface area (Å²) in [5, 5.41) is 3.04. The lowest BCUT2D eigenvalue weighted by molar-refractivity contribution is 0.764. The van der Waals surface area contributed by atoms with Gasteiger partial charge in [0.15, 0.2) is 0 Å². The highest BCUT2D eigenvalue weighted by molar-refractivity contribution is 7.17. The van der Waals surface area contributed by atoms with Crippen LogP contribution in [-0.2, 0) is 0 Å². The molecule has 5 N–H and O–H groups in total. The van der Waals surface area contributed by atoms with Crippen LogP contribution < -0.4 is 16.9 Å². The third kappa shape index (κ3) is 1.21. The maximum absolute atomic E-state index is 5.89. The van der Waals surface area contributed by atoms with Gasteiger partial charge < -0.3 is 16.9 Å². The molecule has 0 aliphatic carbocycles. The van der Waals surface area contributed by atoms with Gasteiger partial charge in [-0.1, -0.05) is 0 Å². The van der Waals surface area contributed by atoms with Crippen molar-refractivity contribution in [1.82, 2.24) is 4.68 Å². The Bertz CT molecular complexity index is 455. The molecule has 2 heterocycles. The smallest absolute Gasteiger partial charge is 0.147 e. The van der Waals surface area contributed by atoms with E-state index in [1.807, 2.05) is 16.1 Å². The zero-order valence-electron chi connectivity index (χ0n) is 8.24. The minimum Gasteiger partial charge on any atom is -0.395 e. The van der Waals surface area contributed by atoms with Crippen molar-refractivity contribution in [3.63, 3.8) is 0 Å². The largest absolute Gasteiger partial charge is 0.395 e. The van der Waals surface area contributed by atoms with Gasteiger partial charge in [-0.25, -0.2) is 4.68 Å². The fraction of sp³-hybridized carbons (Fsp3) is 0.333. The highest BCUT2D eigenvalue weighted by Crippen LogP contribution is 2.33. The van der Waals surface area contributed by atoms with Crippen molar-refractivity contribution >= 4 is 33.1 Å². The van der Waals surface area contributed by atoms with Crippen molar-refractivity contribution in [3.8, 4) is 0 Å². The number of rotatable bonds is 2. The second-order valence-electron chi connectivity index (χ2n) is 3.56. The number of anilines is 2. The average molecular weight is 210 g/mol. The quantitative estimate of drug-likeness (QED) is 0.708. The zero-order chi connectivity index (χ0) is 10.3. The molecule has 0 bridgehead atoms. The minimum atomic E-state index is 0.328. The first-order valence-corrected chi connectivity index (χ1v) is 5.38. The zero-order valence-corrected chi connectivity index (χ0v) is 9.06. The number of nitrogens with two attached hydrogens (primary N) is 2. The van der Waals surface area contributed by atoms with E-state index in [1.165, 1.54) is 0 Å². The Morgan fingerprint density at radius 3 is 2.79 bits per heavy atom. The van der Waals surface area contributed by atoms with Gasteiger partial charge in [-0.3, -0.25) is 0 Å². The van der Waals surface area contributed by atoms with Crippen LogP contribution in [0, 0.1) is 0 Å². The Morgan fingerprint density at radius 2 is 2.14 bits per heavy atom. The van der Waals surface area contributed by atoms with Gasteiger partial charge in [0.2, 0.25) is 0 Å². The third-order valence-electron chi connectivity index (χ3n) is 2.04. The molecule has 2 rings (SSSR count). The van der Waals surface area contributed by atoms with Gasteiger partial charge in [-0.2, -0.15) is 0 Å². The SMILES string of the molecule is CC(C)Nn1c(N)c(N)c2ccsc21. The molecule has 4 nitrogen and oxygen atoms in total. The molecule has 0 amide bonds. The van der Waals surface area contributed by atoms with Crippen LogP contribution in [-0.4, -0.2) is 10.7 Å². The van der Waals surface area contributed by atoms with Crippen LogP contribution in [0.1, 0.15) is 13.8 Å². The molecule has 2 aromatic heterocycles. The number of aromatic nitrogens is 1.